The highest BCUT2D eigenvalue weighted by molar-refractivity contribution is 6.34. The predicted molar refractivity (Wildman–Crippen MR) is 116 cm³/mol. The smallest absolute Gasteiger partial charge is 0.231 e. The summed E-state index contributed by atoms with van der Waals surface area (Å²) in [4.78, 5) is 4.83. The fourth-order valence-electron chi connectivity index (χ4n) is 3.30. The van der Waals surface area contributed by atoms with E-state index in [0.29, 0.717) is 10.0 Å². The molecule has 3 aromatic carbocycles. The zero-order valence-corrected chi connectivity index (χ0v) is 16.8. The van der Waals surface area contributed by atoms with Crippen LogP contribution in [0, 0.1) is 0 Å². The van der Waals surface area contributed by atoms with E-state index in [1.54, 1.807) is 0 Å². The van der Waals surface area contributed by atoms with Crippen molar-refractivity contribution in [1.29, 1.82) is 0 Å². The molecule has 0 N–H and O–H groups in total. The second kappa shape index (κ2) is 7.51. The molecule has 0 saturated carbocycles. The largest absolute Gasteiger partial charge is 0.454 e. The molecule has 0 amide bonds. The Morgan fingerprint density at radius 3 is 2.46 bits per heavy atom. The number of hydrogen-bond acceptors (Lipinski definition) is 3. The molecule has 0 unspecified atom stereocenters. The number of hydrogen-bond donors (Lipinski definition) is 0. The molecule has 28 heavy (non-hydrogen) atoms. The molecule has 0 saturated heterocycles. The zero-order chi connectivity index (χ0) is 18.4. The quantitative estimate of drug-likeness (QED) is 0.342. The lowest BCUT2D eigenvalue weighted by Crippen LogP contribution is -1.93. The first-order valence-corrected chi connectivity index (χ1v) is 9.20. The molecule has 1 aliphatic rings. The van der Waals surface area contributed by atoms with E-state index in [-0.39, 0.29) is 19.2 Å². The Kier molecular flexibility index (Phi) is 5.07. The van der Waals surface area contributed by atoms with E-state index in [9.17, 15) is 0 Å². The maximum absolute atomic E-state index is 6.48. The van der Waals surface area contributed by atoms with E-state index >= 15 is 0 Å². The highest BCUT2D eigenvalue weighted by Gasteiger charge is 2.16. The Labute approximate surface area is 178 Å². The number of benzene rings is 3. The van der Waals surface area contributed by atoms with Crippen molar-refractivity contribution >= 4 is 46.5 Å². The molecule has 2 heterocycles. The van der Waals surface area contributed by atoms with Gasteiger partial charge in [-0.1, -0.05) is 41.4 Å². The van der Waals surface area contributed by atoms with E-state index in [4.69, 9.17) is 37.7 Å². The third kappa shape index (κ3) is 3.26. The summed E-state index contributed by atoms with van der Waals surface area (Å²) in [7, 11) is 0. The first kappa shape index (κ1) is 18.9. The zero-order valence-electron chi connectivity index (χ0n) is 14.5. The van der Waals surface area contributed by atoms with Gasteiger partial charge in [-0.15, -0.1) is 12.4 Å². The van der Waals surface area contributed by atoms with Gasteiger partial charge in [0.15, 0.2) is 11.5 Å². The molecule has 140 valence electrons. The molecule has 0 spiro atoms. The Hall–Kier alpha value is -2.46. The van der Waals surface area contributed by atoms with Gasteiger partial charge in [0, 0.05) is 26.6 Å². The van der Waals surface area contributed by atoms with Gasteiger partial charge in [0.25, 0.3) is 0 Å². The van der Waals surface area contributed by atoms with Gasteiger partial charge in [0.05, 0.1) is 11.2 Å². The number of aromatic nitrogens is 1. The van der Waals surface area contributed by atoms with Crippen LogP contribution in [0.4, 0.5) is 0 Å². The van der Waals surface area contributed by atoms with Crippen molar-refractivity contribution in [2.24, 2.45) is 0 Å². The third-order valence-corrected chi connectivity index (χ3v) is 5.17. The first-order chi connectivity index (χ1) is 13.2. The number of nitrogens with zero attached hydrogens (tertiary/aromatic N) is 1. The first-order valence-electron chi connectivity index (χ1n) is 8.44. The number of halogens is 3. The topological polar surface area (TPSA) is 31.4 Å². The molecule has 3 nitrogen and oxygen atoms in total. The molecule has 1 aromatic heterocycles. The van der Waals surface area contributed by atoms with Crippen molar-refractivity contribution in [3.8, 4) is 33.9 Å². The van der Waals surface area contributed by atoms with E-state index in [0.717, 1.165) is 44.8 Å². The molecule has 0 aliphatic carbocycles. The number of fused-ring (bicyclic) bond motifs is 2. The second-order valence-electron chi connectivity index (χ2n) is 6.26. The number of ether oxygens (including phenoxy) is 2. The lowest BCUT2D eigenvalue weighted by Gasteiger charge is -2.12. The van der Waals surface area contributed by atoms with Crippen molar-refractivity contribution < 1.29 is 9.47 Å². The summed E-state index contributed by atoms with van der Waals surface area (Å²) in [6.45, 7) is 0.243. The molecular weight excluding hydrogens is 417 g/mol. The van der Waals surface area contributed by atoms with Crippen molar-refractivity contribution in [1.82, 2.24) is 4.98 Å². The highest BCUT2D eigenvalue weighted by Crippen LogP contribution is 2.39. The minimum absolute atomic E-state index is 0. The molecule has 0 bridgehead atoms. The standard InChI is InChI=1S/C22H13Cl2NO2.ClH/c23-14-6-7-19-17(10-14)16(15-3-1-2-4-18(15)24)11-20(25-19)13-5-8-21-22(9-13)27-12-26-21;/h1-11H,12H2;1H. The van der Waals surface area contributed by atoms with Gasteiger partial charge in [-0.2, -0.15) is 0 Å². The lowest BCUT2D eigenvalue weighted by molar-refractivity contribution is 0.174. The maximum atomic E-state index is 6.48. The molecule has 4 aromatic rings. The van der Waals surface area contributed by atoms with Crippen LogP contribution in [0.2, 0.25) is 10.0 Å². The van der Waals surface area contributed by atoms with Crippen LogP contribution in [0.1, 0.15) is 0 Å². The van der Waals surface area contributed by atoms with Crippen LogP contribution in [0.3, 0.4) is 0 Å². The average Bonchev–Trinajstić information content (AvgIpc) is 3.15. The fourth-order valence-corrected chi connectivity index (χ4v) is 3.71. The van der Waals surface area contributed by atoms with Crippen LogP contribution in [-0.2, 0) is 0 Å². The summed E-state index contributed by atoms with van der Waals surface area (Å²) in [5.41, 5.74) is 4.56. The average molecular weight is 431 g/mol. The van der Waals surface area contributed by atoms with E-state index in [2.05, 4.69) is 0 Å². The summed E-state index contributed by atoms with van der Waals surface area (Å²) in [5, 5.41) is 2.30. The van der Waals surface area contributed by atoms with Gasteiger partial charge >= 0.3 is 0 Å². The highest BCUT2D eigenvalue weighted by atomic mass is 35.5. The predicted octanol–water partition coefficient (Wildman–Crippen LogP) is 7.03. The number of pyridine rings is 1. The molecule has 1 aliphatic heterocycles. The molecular formula is C22H14Cl3NO2. The van der Waals surface area contributed by atoms with Crippen molar-refractivity contribution in [2.75, 3.05) is 6.79 Å². The van der Waals surface area contributed by atoms with Gasteiger partial charge < -0.3 is 9.47 Å². The van der Waals surface area contributed by atoms with Crippen LogP contribution in [0.15, 0.2) is 66.7 Å². The number of rotatable bonds is 2. The molecule has 5 rings (SSSR count). The van der Waals surface area contributed by atoms with Crippen LogP contribution < -0.4 is 9.47 Å². The van der Waals surface area contributed by atoms with Crippen LogP contribution in [0.25, 0.3) is 33.3 Å². The summed E-state index contributed by atoms with van der Waals surface area (Å²) < 4.78 is 10.9. The van der Waals surface area contributed by atoms with Crippen molar-refractivity contribution in [2.45, 2.75) is 0 Å². The van der Waals surface area contributed by atoms with Crippen molar-refractivity contribution in [3.05, 3.63) is 76.8 Å². The molecule has 6 heteroatoms. The van der Waals surface area contributed by atoms with Gasteiger partial charge in [-0.3, -0.25) is 0 Å². The molecule has 0 radical (unpaired) electrons. The minimum Gasteiger partial charge on any atom is -0.454 e. The Bertz CT molecular complexity index is 1190. The summed E-state index contributed by atoms with van der Waals surface area (Å²) in [5.74, 6) is 1.47. The monoisotopic (exact) mass is 429 g/mol. The van der Waals surface area contributed by atoms with Crippen LogP contribution >= 0.6 is 35.6 Å². The lowest BCUT2D eigenvalue weighted by atomic mass is 9.98. The SMILES string of the molecule is Cl.Clc1ccc2nc(-c3ccc4c(c3)OCO4)cc(-c3ccccc3Cl)c2c1. The van der Waals surface area contributed by atoms with Gasteiger partial charge in [0.1, 0.15) is 0 Å². The van der Waals surface area contributed by atoms with Gasteiger partial charge in [-0.25, -0.2) is 4.98 Å². The summed E-state index contributed by atoms with van der Waals surface area (Å²) in [6.07, 6.45) is 0. The Morgan fingerprint density at radius 2 is 1.61 bits per heavy atom. The van der Waals surface area contributed by atoms with E-state index in [1.807, 2.05) is 66.7 Å². The summed E-state index contributed by atoms with van der Waals surface area (Å²) >= 11 is 12.7. The summed E-state index contributed by atoms with van der Waals surface area (Å²) in [6, 6.07) is 21.3. The Balaban J connectivity index is 0.00000192. The second-order valence-corrected chi connectivity index (χ2v) is 7.11. The maximum Gasteiger partial charge on any atom is 0.231 e. The molecule has 0 atom stereocenters. The van der Waals surface area contributed by atoms with E-state index < -0.39 is 0 Å². The normalized spacial score (nSPS) is 12.1. The van der Waals surface area contributed by atoms with Crippen molar-refractivity contribution in [3.63, 3.8) is 0 Å². The Morgan fingerprint density at radius 1 is 0.786 bits per heavy atom. The van der Waals surface area contributed by atoms with Gasteiger partial charge in [0.2, 0.25) is 6.79 Å². The van der Waals surface area contributed by atoms with Crippen LogP contribution in [-0.4, -0.2) is 11.8 Å². The minimum atomic E-state index is 0. The fraction of sp³-hybridized carbons (Fsp3) is 0.0455. The third-order valence-electron chi connectivity index (χ3n) is 4.60. The van der Waals surface area contributed by atoms with Gasteiger partial charge in [-0.05, 0) is 54.1 Å². The molecule has 0 fully saturated rings. The van der Waals surface area contributed by atoms with E-state index in [1.165, 1.54) is 0 Å². The van der Waals surface area contributed by atoms with Crippen LogP contribution in [0.5, 0.6) is 11.5 Å².